The average molecular weight is 374 g/mol. The molecule has 0 saturated heterocycles. The van der Waals surface area contributed by atoms with E-state index in [1.54, 1.807) is 0 Å². The van der Waals surface area contributed by atoms with Gasteiger partial charge >= 0.3 is 18.3 Å². The molecule has 0 aromatic heterocycles. The molecule has 26 heavy (non-hydrogen) atoms. The van der Waals surface area contributed by atoms with Crippen molar-refractivity contribution in [3.05, 3.63) is 70.3 Å². The van der Waals surface area contributed by atoms with Crippen LogP contribution in [-0.2, 0) is 22.9 Å². The molecule has 0 aliphatic carbocycles. The zero-order chi connectivity index (χ0) is 19.3. The molecule has 0 fully saturated rings. The largest absolute Gasteiger partial charge is 0.440 e. The van der Waals surface area contributed by atoms with E-state index in [0.29, 0.717) is 17.7 Å². The summed E-state index contributed by atoms with van der Waals surface area (Å²) in [5.41, 5.74) is -4.66. The number of cyclic esters (lactones) is 1. The van der Waals surface area contributed by atoms with E-state index < -0.39 is 41.5 Å². The molecule has 1 aliphatic rings. The number of carbonyl (C=O) groups excluding carboxylic acids is 1. The fourth-order valence-corrected chi connectivity index (χ4v) is 3.06. The van der Waals surface area contributed by atoms with Gasteiger partial charge in [-0.2, -0.15) is 26.3 Å². The maximum absolute atomic E-state index is 14.0. The van der Waals surface area contributed by atoms with Crippen LogP contribution in [0.5, 0.6) is 0 Å². The van der Waals surface area contributed by atoms with Gasteiger partial charge in [-0.05, 0) is 36.2 Å². The van der Waals surface area contributed by atoms with Gasteiger partial charge in [0.15, 0.2) is 0 Å². The molecule has 1 atom stereocenters. The van der Waals surface area contributed by atoms with Crippen LogP contribution in [0.4, 0.5) is 26.3 Å². The normalized spacial score (nSPS) is 20.5. The van der Waals surface area contributed by atoms with Crippen LogP contribution in [0.3, 0.4) is 0 Å². The fraction of sp³-hybridized carbons (Fsp3) is 0.278. The summed E-state index contributed by atoms with van der Waals surface area (Å²) in [6.07, 6.45) is -10.7. The van der Waals surface area contributed by atoms with Crippen molar-refractivity contribution >= 4 is 5.97 Å². The minimum Gasteiger partial charge on any atom is -0.440 e. The second-order valence-corrected chi connectivity index (χ2v) is 6.07. The number of halogens is 6. The second-order valence-electron chi connectivity index (χ2n) is 6.07. The minimum atomic E-state index is -5.10. The molecule has 1 unspecified atom stereocenters. The van der Waals surface area contributed by atoms with Crippen molar-refractivity contribution in [2.75, 3.05) is 0 Å². The summed E-state index contributed by atoms with van der Waals surface area (Å²) in [7, 11) is 0. The van der Waals surface area contributed by atoms with E-state index in [1.165, 1.54) is 25.1 Å². The van der Waals surface area contributed by atoms with Crippen LogP contribution in [0, 0.1) is 6.92 Å². The van der Waals surface area contributed by atoms with Gasteiger partial charge in [0.2, 0.25) is 5.60 Å². The van der Waals surface area contributed by atoms with E-state index in [1.807, 2.05) is 0 Å². The van der Waals surface area contributed by atoms with Gasteiger partial charge in [0.1, 0.15) is 0 Å². The molecule has 1 aliphatic heterocycles. The lowest BCUT2D eigenvalue weighted by molar-refractivity contribution is -0.267. The third-order valence-electron chi connectivity index (χ3n) is 4.44. The molecule has 2 nitrogen and oxygen atoms in total. The Labute approximate surface area is 144 Å². The molecular weight excluding hydrogens is 362 g/mol. The summed E-state index contributed by atoms with van der Waals surface area (Å²) < 4.78 is 85.4. The van der Waals surface area contributed by atoms with Gasteiger partial charge in [0.05, 0.1) is 11.1 Å². The summed E-state index contributed by atoms with van der Waals surface area (Å²) in [5, 5.41) is 0. The Kier molecular flexibility index (Phi) is 4.05. The summed E-state index contributed by atoms with van der Waals surface area (Å²) >= 11 is 0. The number of rotatable bonds is 1. The van der Waals surface area contributed by atoms with Crippen LogP contribution in [0.25, 0.3) is 0 Å². The first-order valence-corrected chi connectivity index (χ1v) is 7.52. The average Bonchev–Trinajstić information content (AvgIpc) is 2.54. The highest BCUT2D eigenvalue weighted by Gasteiger charge is 2.61. The fourth-order valence-electron chi connectivity index (χ4n) is 3.06. The zero-order valence-corrected chi connectivity index (χ0v) is 13.3. The van der Waals surface area contributed by atoms with E-state index in [-0.39, 0.29) is 11.1 Å². The van der Waals surface area contributed by atoms with Crippen LogP contribution in [0.2, 0.25) is 0 Å². The number of ether oxygens (including phenoxy) is 1. The van der Waals surface area contributed by atoms with Gasteiger partial charge in [0, 0.05) is 12.0 Å². The molecule has 2 aromatic carbocycles. The lowest BCUT2D eigenvalue weighted by Crippen LogP contribution is -2.51. The number of benzene rings is 2. The molecular formula is C18H12F6O2. The van der Waals surface area contributed by atoms with Crippen molar-refractivity contribution in [2.45, 2.75) is 31.3 Å². The molecule has 0 saturated carbocycles. The molecule has 0 radical (unpaired) electrons. The van der Waals surface area contributed by atoms with Crippen LogP contribution in [-0.4, -0.2) is 12.1 Å². The summed E-state index contributed by atoms with van der Waals surface area (Å²) in [6.45, 7) is 1.53. The third-order valence-corrected chi connectivity index (χ3v) is 4.44. The minimum absolute atomic E-state index is 0.0168. The van der Waals surface area contributed by atoms with E-state index >= 15 is 0 Å². The SMILES string of the molecule is Cc1cccc2c1CC(c1cccc(C(F)(F)F)c1)(C(F)(F)F)OC2=O. The van der Waals surface area contributed by atoms with Gasteiger partial charge in [0.25, 0.3) is 0 Å². The summed E-state index contributed by atoms with van der Waals surface area (Å²) in [6, 6.07) is 7.16. The molecule has 0 N–H and O–H groups in total. The van der Waals surface area contributed by atoms with E-state index in [2.05, 4.69) is 0 Å². The molecule has 138 valence electrons. The lowest BCUT2D eigenvalue weighted by Gasteiger charge is -2.39. The Morgan fingerprint density at radius 3 is 2.27 bits per heavy atom. The second kappa shape index (κ2) is 5.75. The first-order valence-electron chi connectivity index (χ1n) is 7.52. The van der Waals surface area contributed by atoms with Gasteiger partial charge in [-0.1, -0.05) is 24.3 Å². The predicted octanol–water partition coefficient (Wildman–Crippen LogP) is 5.18. The monoisotopic (exact) mass is 374 g/mol. The zero-order valence-electron chi connectivity index (χ0n) is 13.3. The van der Waals surface area contributed by atoms with E-state index in [0.717, 1.165) is 12.1 Å². The lowest BCUT2D eigenvalue weighted by atomic mass is 9.80. The topological polar surface area (TPSA) is 26.3 Å². The van der Waals surface area contributed by atoms with Crippen molar-refractivity contribution in [1.29, 1.82) is 0 Å². The first kappa shape index (κ1) is 18.3. The maximum atomic E-state index is 14.0. The van der Waals surface area contributed by atoms with Gasteiger partial charge in [-0.25, -0.2) is 4.79 Å². The van der Waals surface area contributed by atoms with Crippen molar-refractivity contribution in [3.8, 4) is 0 Å². The standard InChI is InChI=1S/C18H12F6O2/c1-10-4-2-7-13-14(10)9-16(18(22,23)24,26-15(13)25)11-5-3-6-12(8-11)17(19,20)21/h2-8H,9H2,1H3. The Bertz CT molecular complexity index is 869. The highest BCUT2D eigenvalue weighted by Crippen LogP contribution is 2.49. The van der Waals surface area contributed by atoms with Crippen LogP contribution < -0.4 is 0 Å². The van der Waals surface area contributed by atoms with E-state index in [9.17, 15) is 31.1 Å². The number of hydrogen-bond acceptors (Lipinski definition) is 2. The van der Waals surface area contributed by atoms with E-state index in [4.69, 9.17) is 4.74 Å². The molecule has 0 spiro atoms. The van der Waals surface area contributed by atoms with Gasteiger partial charge < -0.3 is 4.74 Å². The maximum Gasteiger partial charge on any atom is 0.433 e. The molecule has 1 heterocycles. The quantitative estimate of drug-likeness (QED) is 0.508. The molecule has 8 heteroatoms. The molecule has 0 bridgehead atoms. The highest BCUT2D eigenvalue weighted by molar-refractivity contribution is 5.93. The number of aryl methyl sites for hydroxylation is 1. The van der Waals surface area contributed by atoms with Crippen LogP contribution in [0.1, 0.15) is 32.6 Å². The molecule has 2 aromatic rings. The van der Waals surface area contributed by atoms with Gasteiger partial charge in [-0.15, -0.1) is 0 Å². The number of fused-ring (bicyclic) bond motifs is 1. The van der Waals surface area contributed by atoms with Crippen LogP contribution in [0.15, 0.2) is 42.5 Å². The molecule has 3 rings (SSSR count). The predicted molar refractivity (Wildman–Crippen MR) is 79.5 cm³/mol. The Morgan fingerprint density at radius 2 is 1.65 bits per heavy atom. The smallest absolute Gasteiger partial charge is 0.433 e. The van der Waals surface area contributed by atoms with Gasteiger partial charge in [-0.3, -0.25) is 0 Å². The van der Waals surface area contributed by atoms with Crippen molar-refractivity contribution in [3.63, 3.8) is 0 Å². The summed E-state index contributed by atoms with van der Waals surface area (Å²) in [4.78, 5) is 12.2. The van der Waals surface area contributed by atoms with Crippen molar-refractivity contribution in [2.24, 2.45) is 0 Å². The third kappa shape index (κ3) is 2.83. The number of esters is 1. The number of hydrogen-bond donors (Lipinski definition) is 0. The summed E-state index contributed by atoms with van der Waals surface area (Å²) in [5.74, 6) is -1.22. The van der Waals surface area contributed by atoms with Crippen molar-refractivity contribution < 1.29 is 35.9 Å². The molecule has 0 amide bonds. The highest BCUT2D eigenvalue weighted by atomic mass is 19.4. The number of carbonyl (C=O) groups is 1. The Morgan fingerprint density at radius 1 is 1.00 bits per heavy atom. The first-order chi connectivity index (χ1) is 12.0. The van der Waals surface area contributed by atoms with Crippen LogP contribution >= 0.6 is 0 Å². The Hall–Kier alpha value is -2.51. The van der Waals surface area contributed by atoms with Crippen molar-refractivity contribution in [1.82, 2.24) is 0 Å². The number of alkyl halides is 6. The Balaban J connectivity index is 2.23.